The van der Waals surface area contributed by atoms with Crippen molar-refractivity contribution in [3.8, 4) is 0 Å². The number of thioether (sulfide) groups is 1. The van der Waals surface area contributed by atoms with Gasteiger partial charge in [0, 0.05) is 4.91 Å². The van der Waals surface area contributed by atoms with Crippen LogP contribution in [0.2, 0.25) is 0 Å². The predicted molar refractivity (Wildman–Crippen MR) is 110 cm³/mol. The average molecular weight is 405 g/mol. The van der Waals surface area contributed by atoms with Crippen molar-refractivity contribution in [1.29, 1.82) is 0 Å². The molecule has 1 atom stereocenters. The Morgan fingerprint density at radius 3 is 2.45 bits per heavy atom. The smallest absolute Gasteiger partial charge is 0.133 e. The maximum Gasteiger partial charge on any atom is 0.133 e. The highest BCUT2D eigenvalue weighted by atomic mass is 79.9. The normalized spacial score (nSPS) is 16.0. The molecule has 0 N–H and O–H groups in total. The highest BCUT2D eigenvalue weighted by Gasteiger charge is 2.14. The SMILES string of the molecule is C/C=C/C(OC(CC)CCCC)=C(S)/C(SC)=C(C)/C=C/Br. The summed E-state index contributed by atoms with van der Waals surface area (Å²) in [6, 6.07) is 0. The maximum absolute atomic E-state index is 6.25. The van der Waals surface area contributed by atoms with Gasteiger partial charge in [0.2, 0.25) is 0 Å². The van der Waals surface area contributed by atoms with E-state index in [4.69, 9.17) is 17.4 Å². The molecule has 22 heavy (non-hydrogen) atoms. The highest BCUT2D eigenvalue weighted by molar-refractivity contribution is 9.11. The lowest BCUT2D eigenvalue weighted by atomic mass is 10.1. The number of halogens is 1. The van der Waals surface area contributed by atoms with Gasteiger partial charge in [0.25, 0.3) is 0 Å². The maximum atomic E-state index is 6.25. The van der Waals surface area contributed by atoms with Crippen molar-refractivity contribution in [2.75, 3.05) is 6.26 Å². The van der Waals surface area contributed by atoms with Gasteiger partial charge < -0.3 is 4.74 Å². The number of rotatable bonds is 10. The van der Waals surface area contributed by atoms with Crippen molar-refractivity contribution < 1.29 is 4.74 Å². The Morgan fingerprint density at radius 1 is 1.32 bits per heavy atom. The van der Waals surface area contributed by atoms with Crippen LogP contribution in [0.3, 0.4) is 0 Å². The molecule has 0 rings (SSSR count). The minimum absolute atomic E-state index is 0.253. The molecule has 0 bridgehead atoms. The van der Waals surface area contributed by atoms with E-state index in [0.717, 1.165) is 28.4 Å². The molecule has 0 saturated carbocycles. The summed E-state index contributed by atoms with van der Waals surface area (Å²) in [5, 5.41) is 0. The first-order valence-electron chi connectivity index (χ1n) is 7.80. The second kappa shape index (κ2) is 13.4. The van der Waals surface area contributed by atoms with Gasteiger partial charge in [0.05, 0.1) is 11.0 Å². The largest absolute Gasteiger partial charge is 0.489 e. The Hall–Kier alpha value is -0.0600. The zero-order chi connectivity index (χ0) is 17.0. The minimum atomic E-state index is 0.253. The predicted octanol–water partition coefficient (Wildman–Crippen LogP) is 7.23. The van der Waals surface area contributed by atoms with Crippen LogP contribution in [0.1, 0.15) is 53.4 Å². The summed E-state index contributed by atoms with van der Waals surface area (Å²) in [4.78, 5) is 3.91. The van der Waals surface area contributed by atoms with Crippen LogP contribution in [0.5, 0.6) is 0 Å². The van der Waals surface area contributed by atoms with Crippen molar-refractivity contribution in [3.63, 3.8) is 0 Å². The number of thiol groups is 1. The van der Waals surface area contributed by atoms with Crippen LogP contribution >= 0.6 is 40.3 Å². The fourth-order valence-electron chi connectivity index (χ4n) is 2.01. The lowest BCUT2D eigenvalue weighted by molar-refractivity contribution is 0.111. The topological polar surface area (TPSA) is 9.23 Å². The van der Waals surface area contributed by atoms with Gasteiger partial charge in [-0.1, -0.05) is 54.8 Å². The van der Waals surface area contributed by atoms with E-state index in [9.17, 15) is 0 Å². The standard InChI is InChI=1S/C18H29BrOS2/c1-6-9-11-15(8-3)20-16(10-7-2)17(21)18(22-5)14(4)12-13-19/h7,10,12-13,15,21H,6,8-9,11H2,1-5H3/b10-7+,13-12+,17-16+,18-14-. The molecule has 0 aliphatic carbocycles. The summed E-state index contributed by atoms with van der Waals surface area (Å²) in [5.41, 5.74) is 1.17. The monoisotopic (exact) mass is 404 g/mol. The summed E-state index contributed by atoms with van der Waals surface area (Å²) in [6.07, 6.45) is 12.9. The summed E-state index contributed by atoms with van der Waals surface area (Å²) in [5.74, 6) is 0.862. The lowest BCUT2D eigenvalue weighted by Gasteiger charge is -2.20. The molecule has 0 radical (unpaired) electrons. The molecule has 0 fully saturated rings. The molecule has 0 aromatic rings. The van der Waals surface area contributed by atoms with Crippen molar-refractivity contribution in [1.82, 2.24) is 0 Å². The van der Waals surface area contributed by atoms with Crippen LogP contribution in [0, 0.1) is 0 Å². The van der Waals surface area contributed by atoms with Crippen LogP contribution in [0.4, 0.5) is 0 Å². The van der Waals surface area contributed by atoms with E-state index in [-0.39, 0.29) is 6.10 Å². The number of unbranched alkanes of at least 4 members (excludes halogenated alkanes) is 1. The van der Waals surface area contributed by atoms with Gasteiger partial charge in [-0.2, -0.15) is 0 Å². The molecule has 0 heterocycles. The molecule has 1 unspecified atom stereocenters. The molecule has 0 aromatic carbocycles. The van der Waals surface area contributed by atoms with Gasteiger partial charge in [-0.25, -0.2) is 0 Å². The third kappa shape index (κ3) is 7.98. The minimum Gasteiger partial charge on any atom is -0.489 e. The first-order valence-corrected chi connectivity index (χ1v) is 10.4. The molecule has 0 amide bonds. The molecule has 0 aromatic heterocycles. The quantitative estimate of drug-likeness (QED) is 0.233. The van der Waals surface area contributed by atoms with Crippen LogP contribution in [-0.4, -0.2) is 12.4 Å². The molecule has 0 saturated heterocycles. The second-order valence-corrected chi connectivity index (χ2v) is 6.80. The van der Waals surface area contributed by atoms with Crippen LogP contribution in [-0.2, 0) is 4.74 Å². The van der Waals surface area contributed by atoms with Crippen molar-refractivity contribution in [3.05, 3.63) is 44.4 Å². The molecule has 126 valence electrons. The molecular formula is C18H29BrOS2. The fourth-order valence-corrected chi connectivity index (χ4v) is 3.67. The first kappa shape index (κ1) is 21.9. The number of allylic oxidation sites excluding steroid dienone is 4. The molecular weight excluding hydrogens is 376 g/mol. The van der Waals surface area contributed by atoms with E-state index in [1.807, 2.05) is 30.1 Å². The molecule has 1 nitrogen and oxygen atoms in total. The van der Waals surface area contributed by atoms with Gasteiger partial charge in [0.1, 0.15) is 5.76 Å². The van der Waals surface area contributed by atoms with Crippen LogP contribution in [0.25, 0.3) is 0 Å². The third-order valence-corrected chi connectivity index (χ3v) is 5.06. The van der Waals surface area contributed by atoms with E-state index < -0.39 is 0 Å². The highest BCUT2D eigenvalue weighted by Crippen LogP contribution is 2.33. The van der Waals surface area contributed by atoms with E-state index in [2.05, 4.69) is 43.0 Å². The Kier molecular flexibility index (Phi) is 13.3. The molecule has 0 aliphatic heterocycles. The number of hydrogen-bond acceptors (Lipinski definition) is 3. The average Bonchev–Trinajstić information content (AvgIpc) is 2.51. The van der Waals surface area contributed by atoms with Gasteiger partial charge in [-0.05, 0) is 49.6 Å². The second-order valence-electron chi connectivity index (χ2n) is 5.01. The number of hydrogen-bond donors (Lipinski definition) is 1. The van der Waals surface area contributed by atoms with E-state index >= 15 is 0 Å². The Bertz CT molecular complexity index is 436. The Morgan fingerprint density at radius 2 is 2.00 bits per heavy atom. The third-order valence-electron chi connectivity index (χ3n) is 3.27. The van der Waals surface area contributed by atoms with Crippen molar-refractivity contribution in [2.45, 2.75) is 59.5 Å². The Balaban J connectivity index is 5.53. The van der Waals surface area contributed by atoms with E-state index in [0.29, 0.717) is 0 Å². The molecule has 0 aliphatic rings. The number of ether oxygens (including phenoxy) is 1. The zero-order valence-corrected chi connectivity index (χ0v) is 17.7. The summed E-state index contributed by atoms with van der Waals surface area (Å²) in [7, 11) is 0. The lowest BCUT2D eigenvalue weighted by Crippen LogP contribution is -2.11. The van der Waals surface area contributed by atoms with E-state index in [1.54, 1.807) is 11.8 Å². The fraction of sp³-hybridized carbons (Fsp3) is 0.556. The van der Waals surface area contributed by atoms with Crippen molar-refractivity contribution >= 4 is 40.3 Å². The van der Waals surface area contributed by atoms with Gasteiger partial charge in [-0.15, -0.1) is 24.4 Å². The Labute approximate surface area is 154 Å². The van der Waals surface area contributed by atoms with E-state index in [1.165, 1.54) is 18.4 Å². The van der Waals surface area contributed by atoms with Crippen LogP contribution < -0.4 is 0 Å². The van der Waals surface area contributed by atoms with Gasteiger partial charge >= 0.3 is 0 Å². The van der Waals surface area contributed by atoms with Gasteiger partial charge in [0.15, 0.2) is 0 Å². The molecule has 0 spiro atoms. The van der Waals surface area contributed by atoms with Crippen molar-refractivity contribution in [2.24, 2.45) is 0 Å². The summed E-state index contributed by atoms with van der Waals surface area (Å²) >= 11 is 9.77. The summed E-state index contributed by atoms with van der Waals surface area (Å²) < 4.78 is 6.25. The first-order chi connectivity index (χ1) is 10.5. The summed E-state index contributed by atoms with van der Waals surface area (Å²) in [6.45, 7) is 8.48. The zero-order valence-electron chi connectivity index (χ0n) is 14.4. The van der Waals surface area contributed by atoms with Crippen LogP contribution in [0.15, 0.2) is 44.4 Å². The molecule has 4 heteroatoms. The van der Waals surface area contributed by atoms with Gasteiger partial charge in [-0.3, -0.25) is 0 Å².